The van der Waals surface area contributed by atoms with Crippen LogP contribution in [-0.2, 0) is 28.6 Å². The highest BCUT2D eigenvalue weighted by Gasteiger charge is 2.19. The molecule has 1 atom stereocenters. The zero-order valence-corrected chi connectivity index (χ0v) is 9.60. The number of methoxy groups -OCH3 is 2. The van der Waals surface area contributed by atoms with E-state index in [-0.39, 0.29) is 11.5 Å². The number of rotatable bonds is 5. The minimum absolute atomic E-state index is 0.278. The van der Waals surface area contributed by atoms with Gasteiger partial charge in [0.2, 0.25) is 5.76 Å². The van der Waals surface area contributed by atoms with E-state index in [1.165, 1.54) is 13.8 Å². The molecule has 0 aromatic heterocycles. The largest absolute Gasteiger partial charge is 0.475 e. The van der Waals surface area contributed by atoms with Crippen LogP contribution in [0.15, 0.2) is 11.8 Å². The van der Waals surface area contributed by atoms with Crippen molar-refractivity contribution in [3.05, 3.63) is 11.8 Å². The third kappa shape index (κ3) is 4.59. The summed E-state index contributed by atoms with van der Waals surface area (Å²) in [5, 5.41) is 0. The third-order valence-corrected chi connectivity index (χ3v) is 1.71. The maximum atomic E-state index is 11.2. The highest BCUT2D eigenvalue weighted by atomic mass is 16.6. The molecule has 16 heavy (non-hydrogen) atoms. The molecule has 6 nitrogen and oxygen atoms in total. The minimum atomic E-state index is -0.849. The highest BCUT2D eigenvalue weighted by Crippen LogP contribution is 2.06. The van der Waals surface area contributed by atoms with Gasteiger partial charge in [0.1, 0.15) is 0 Å². The van der Waals surface area contributed by atoms with Crippen molar-refractivity contribution in [2.45, 2.75) is 20.0 Å². The van der Waals surface area contributed by atoms with Gasteiger partial charge in [-0.05, 0) is 13.8 Å². The molecule has 0 saturated heterocycles. The van der Waals surface area contributed by atoms with E-state index < -0.39 is 18.0 Å². The smallest absolute Gasteiger partial charge is 0.373 e. The average molecular weight is 230 g/mol. The normalized spacial score (nSPS) is 12.6. The van der Waals surface area contributed by atoms with Crippen molar-refractivity contribution in [2.24, 2.45) is 0 Å². The van der Waals surface area contributed by atoms with E-state index in [0.717, 1.165) is 20.3 Å². The van der Waals surface area contributed by atoms with Crippen LogP contribution in [0.3, 0.4) is 0 Å². The van der Waals surface area contributed by atoms with Crippen molar-refractivity contribution in [2.75, 3.05) is 14.2 Å². The zero-order valence-electron chi connectivity index (χ0n) is 9.60. The van der Waals surface area contributed by atoms with Crippen LogP contribution in [0.1, 0.15) is 13.8 Å². The Hall–Kier alpha value is -1.85. The van der Waals surface area contributed by atoms with Crippen LogP contribution in [0.2, 0.25) is 0 Å². The lowest BCUT2D eigenvalue weighted by Gasteiger charge is -2.12. The fourth-order valence-corrected chi connectivity index (χ4v) is 0.681. The molecule has 0 aromatic carbocycles. The number of esters is 2. The molecule has 0 saturated carbocycles. The molecule has 0 spiro atoms. The molecule has 0 rings (SSSR count). The molecule has 90 valence electrons. The van der Waals surface area contributed by atoms with Crippen molar-refractivity contribution in [3.63, 3.8) is 0 Å². The van der Waals surface area contributed by atoms with E-state index in [2.05, 4.69) is 9.47 Å². The van der Waals surface area contributed by atoms with Gasteiger partial charge in [-0.3, -0.25) is 4.79 Å². The molecule has 0 aliphatic carbocycles. The monoisotopic (exact) mass is 230 g/mol. The van der Waals surface area contributed by atoms with E-state index in [1.807, 2.05) is 0 Å². The quantitative estimate of drug-likeness (QED) is 0.381. The number of Topliss-reactive ketones (excluding diaryl/α,β-unsaturated/α-hetero) is 1. The molecular weight excluding hydrogens is 216 g/mol. The van der Waals surface area contributed by atoms with Crippen LogP contribution < -0.4 is 0 Å². The maximum Gasteiger partial charge on any atom is 0.373 e. The summed E-state index contributed by atoms with van der Waals surface area (Å²) in [6.07, 6.45) is -0.0133. The fourth-order valence-electron chi connectivity index (χ4n) is 0.681. The third-order valence-electron chi connectivity index (χ3n) is 1.71. The number of ketones is 1. The van der Waals surface area contributed by atoms with Gasteiger partial charge in [0.05, 0.1) is 20.3 Å². The summed E-state index contributed by atoms with van der Waals surface area (Å²) in [5.74, 6) is -2.26. The number of carbonyl (C=O) groups is 3. The van der Waals surface area contributed by atoms with Crippen LogP contribution in [0.4, 0.5) is 0 Å². The van der Waals surface area contributed by atoms with E-state index >= 15 is 0 Å². The van der Waals surface area contributed by atoms with Crippen molar-refractivity contribution >= 4 is 17.7 Å². The second kappa shape index (κ2) is 6.60. The van der Waals surface area contributed by atoms with Gasteiger partial charge in [0.15, 0.2) is 11.9 Å². The fraction of sp³-hybridized carbons (Fsp3) is 0.500. The summed E-state index contributed by atoms with van der Waals surface area (Å²) in [6.45, 7) is 2.76. The summed E-state index contributed by atoms with van der Waals surface area (Å²) in [7, 11) is 2.29. The standard InChI is InChI=1S/C10H14O6/c1-6(11)7(2)16-8(10(13)15-4)5-9(12)14-3/h5,7H,1-4H3/b8-5+. The summed E-state index contributed by atoms with van der Waals surface area (Å²) in [4.78, 5) is 33.0. The minimum Gasteiger partial charge on any atom is -0.475 e. The van der Waals surface area contributed by atoms with Crippen molar-refractivity contribution in [3.8, 4) is 0 Å². The van der Waals surface area contributed by atoms with Gasteiger partial charge >= 0.3 is 11.9 Å². The van der Waals surface area contributed by atoms with Crippen molar-refractivity contribution in [1.82, 2.24) is 0 Å². The van der Waals surface area contributed by atoms with Gasteiger partial charge in [0, 0.05) is 0 Å². The van der Waals surface area contributed by atoms with Gasteiger partial charge in [-0.2, -0.15) is 0 Å². The Morgan fingerprint density at radius 2 is 1.69 bits per heavy atom. The van der Waals surface area contributed by atoms with E-state index in [1.54, 1.807) is 0 Å². The first-order valence-corrected chi connectivity index (χ1v) is 4.47. The first kappa shape index (κ1) is 14.2. The number of hydrogen-bond donors (Lipinski definition) is 0. The lowest BCUT2D eigenvalue weighted by Crippen LogP contribution is -2.22. The second-order valence-corrected chi connectivity index (χ2v) is 2.89. The molecule has 0 radical (unpaired) electrons. The lowest BCUT2D eigenvalue weighted by atomic mass is 10.3. The van der Waals surface area contributed by atoms with E-state index in [0.29, 0.717) is 0 Å². The molecule has 0 aliphatic rings. The number of ether oxygens (including phenoxy) is 3. The molecular formula is C10H14O6. The summed E-state index contributed by atoms with van der Waals surface area (Å²) < 4.78 is 13.7. The van der Waals surface area contributed by atoms with Crippen molar-refractivity contribution < 1.29 is 28.6 Å². The predicted octanol–water partition coefficient (Wildman–Crippen LogP) is 0.210. The van der Waals surface area contributed by atoms with Gasteiger partial charge in [-0.15, -0.1) is 0 Å². The lowest BCUT2D eigenvalue weighted by molar-refractivity contribution is -0.144. The molecule has 0 fully saturated rings. The van der Waals surface area contributed by atoms with E-state index in [9.17, 15) is 14.4 Å². The molecule has 0 N–H and O–H groups in total. The van der Waals surface area contributed by atoms with Crippen LogP contribution in [0, 0.1) is 0 Å². The number of carbonyl (C=O) groups excluding carboxylic acids is 3. The molecule has 0 aliphatic heterocycles. The van der Waals surface area contributed by atoms with Gasteiger partial charge in [0.25, 0.3) is 0 Å². The first-order chi connectivity index (χ1) is 7.42. The Morgan fingerprint density at radius 1 is 1.12 bits per heavy atom. The first-order valence-electron chi connectivity index (χ1n) is 4.47. The summed E-state index contributed by atoms with van der Waals surface area (Å²) in [6, 6.07) is 0. The van der Waals surface area contributed by atoms with Crippen molar-refractivity contribution in [1.29, 1.82) is 0 Å². The average Bonchev–Trinajstić information content (AvgIpc) is 2.26. The Labute approximate surface area is 93.2 Å². The Balaban J connectivity index is 4.82. The molecule has 0 aromatic rings. The van der Waals surface area contributed by atoms with E-state index in [4.69, 9.17) is 4.74 Å². The van der Waals surface area contributed by atoms with Gasteiger partial charge in [-0.1, -0.05) is 0 Å². The van der Waals surface area contributed by atoms with Crippen LogP contribution in [0.5, 0.6) is 0 Å². The number of hydrogen-bond acceptors (Lipinski definition) is 6. The van der Waals surface area contributed by atoms with Crippen LogP contribution in [-0.4, -0.2) is 38.0 Å². The van der Waals surface area contributed by atoms with Gasteiger partial charge < -0.3 is 14.2 Å². The highest BCUT2D eigenvalue weighted by molar-refractivity contribution is 5.95. The summed E-state index contributed by atoms with van der Waals surface area (Å²) >= 11 is 0. The maximum absolute atomic E-state index is 11.2. The second-order valence-electron chi connectivity index (χ2n) is 2.89. The van der Waals surface area contributed by atoms with Crippen LogP contribution >= 0.6 is 0 Å². The SMILES string of the molecule is COC(=O)/C=C(/OC(C)C(C)=O)C(=O)OC. The van der Waals surface area contributed by atoms with Crippen LogP contribution in [0.25, 0.3) is 0 Å². The molecule has 0 bridgehead atoms. The Kier molecular flexibility index (Phi) is 5.84. The Bertz CT molecular complexity index is 317. The topological polar surface area (TPSA) is 78.9 Å². The molecule has 6 heteroatoms. The molecule has 0 amide bonds. The zero-order chi connectivity index (χ0) is 12.7. The van der Waals surface area contributed by atoms with Gasteiger partial charge in [-0.25, -0.2) is 9.59 Å². The molecule has 1 unspecified atom stereocenters. The predicted molar refractivity (Wildman–Crippen MR) is 53.3 cm³/mol. The Morgan fingerprint density at radius 3 is 2.06 bits per heavy atom. The molecule has 0 heterocycles. The summed E-state index contributed by atoms with van der Waals surface area (Å²) in [5.41, 5.74) is 0.